The first-order valence-corrected chi connectivity index (χ1v) is 5.68. The standard InChI is InChI=1S/C11H14Cl2N2O/c1-14(2)11(16)15(3)9-5-4-8(7-12)10(13)6-9/h4-6H,7H2,1-3H3. The van der Waals surface area contributed by atoms with E-state index in [-0.39, 0.29) is 6.03 Å². The lowest BCUT2D eigenvalue weighted by molar-refractivity contribution is 0.225. The van der Waals surface area contributed by atoms with E-state index in [4.69, 9.17) is 23.2 Å². The molecule has 0 spiro atoms. The largest absolute Gasteiger partial charge is 0.330 e. The van der Waals surface area contributed by atoms with Crippen molar-refractivity contribution in [2.24, 2.45) is 0 Å². The zero-order valence-corrected chi connectivity index (χ0v) is 11.0. The van der Waals surface area contributed by atoms with Gasteiger partial charge in [0.25, 0.3) is 0 Å². The Kier molecular flexibility index (Phi) is 4.44. The summed E-state index contributed by atoms with van der Waals surface area (Å²) in [6, 6.07) is 5.28. The number of halogens is 2. The van der Waals surface area contributed by atoms with Gasteiger partial charge in [0, 0.05) is 37.7 Å². The zero-order valence-electron chi connectivity index (χ0n) is 9.50. The van der Waals surface area contributed by atoms with E-state index in [0.29, 0.717) is 10.9 Å². The molecule has 88 valence electrons. The first-order valence-electron chi connectivity index (χ1n) is 4.76. The first kappa shape index (κ1) is 13.1. The molecule has 0 aliphatic carbocycles. The van der Waals surface area contributed by atoms with Crippen molar-refractivity contribution in [3.63, 3.8) is 0 Å². The van der Waals surface area contributed by atoms with Crippen LogP contribution >= 0.6 is 23.2 Å². The lowest BCUT2D eigenvalue weighted by atomic mass is 10.2. The molecule has 0 radical (unpaired) electrons. The van der Waals surface area contributed by atoms with Crippen LogP contribution in [0.1, 0.15) is 5.56 Å². The molecule has 0 fully saturated rings. The van der Waals surface area contributed by atoms with Gasteiger partial charge >= 0.3 is 6.03 Å². The summed E-state index contributed by atoms with van der Waals surface area (Å²) in [6.07, 6.45) is 0. The third kappa shape index (κ3) is 2.80. The summed E-state index contributed by atoms with van der Waals surface area (Å²) in [4.78, 5) is 14.7. The molecule has 0 heterocycles. The van der Waals surface area contributed by atoms with E-state index in [2.05, 4.69) is 0 Å². The van der Waals surface area contributed by atoms with Crippen LogP contribution in [-0.4, -0.2) is 32.1 Å². The van der Waals surface area contributed by atoms with Crippen molar-refractivity contribution in [1.29, 1.82) is 0 Å². The van der Waals surface area contributed by atoms with E-state index >= 15 is 0 Å². The molecule has 2 amide bonds. The highest BCUT2D eigenvalue weighted by Gasteiger charge is 2.13. The summed E-state index contributed by atoms with van der Waals surface area (Å²) in [5, 5.41) is 0.575. The summed E-state index contributed by atoms with van der Waals surface area (Å²) < 4.78 is 0. The van der Waals surface area contributed by atoms with Crippen LogP contribution in [0.3, 0.4) is 0 Å². The number of nitrogens with zero attached hydrogens (tertiary/aromatic N) is 2. The quantitative estimate of drug-likeness (QED) is 0.750. The number of alkyl halides is 1. The first-order chi connectivity index (χ1) is 7.47. The van der Waals surface area contributed by atoms with Crippen molar-refractivity contribution >= 4 is 34.9 Å². The minimum Gasteiger partial charge on any atom is -0.330 e. The average molecular weight is 261 g/mol. The number of hydrogen-bond acceptors (Lipinski definition) is 1. The van der Waals surface area contributed by atoms with E-state index in [1.807, 2.05) is 12.1 Å². The molecule has 0 aromatic heterocycles. The van der Waals surface area contributed by atoms with E-state index in [0.717, 1.165) is 11.3 Å². The average Bonchev–Trinajstić information content (AvgIpc) is 2.26. The van der Waals surface area contributed by atoms with Crippen LogP contribution in [0.4, 0.5) is 10.5 Å². The van der Waals surface area contributed by atoms with Gasteiger partial charge in [-0.25, -0.2) is 4.79 Å². The van der Waals surface area contributed by atoms with Crippen molar-refractivity contribution in [2.45, 2.75) is 5.88 Å². The monoisotopic (exact) mass is 260 g/mol. The van der Waals surface area contributed by atoms with E-state index in [1.165, 1.54) is 9.80 Å². The minimum atomic E-state index is -0.102. The highest BCUT2D eigenvalue weighted by atomic mass is 35.5. The maximum absolute atomic E-state index is 11.7. The van der Waals surface area contributed by atoms with Gasteiger partial charge in [-0.2, -0.15) is 0 Å². The van der Waals surface area contributed by atoms with E-state index < -0.39 is 0 Å². The van der Waals surface area contributed by atoms with Crippen LogP contribution in [0, 0.1) is 0 Å². The van der Waals surface area contributed by atoms with Gasteiger partial charge in [0.1, 0.15) is 0 Å². The molecule has 16 heavy (non-hydrogen) atoms. The van der Waals surface area contributed by atoms with Crippen molar-refractivity contribution in [2.75, 3.05) is 26.0 Å². The number of carbonyl (C=O) groups is 1. The SMILES string of the molecule is CN(C)C(=O)N(C)c1ccc(CCl)c(Cl)c1. The molecule has 0 bridgehead atoms. The van der Waals surface area contributed by atoms with Crippen molar-refractivity contribution < 1.29 is 4.79 Å². The Morgan fingerprint density at radius 2 is 1.94 bits per heavy atom. The highest BCUT2D eigenvalue weighted by molar-refractivity contribution is 6.32. The number of anilines is 1. The van der Waals surface area contributed by atoms with Crippen molar-refractivity contribution in [3.05, 3.63) is 28.8 Å². The predicted molar refractivity (Wildman–Crippen MR) is 68.5 cm³/mol. The number of urea groups is 1. The number of hydrogen-bond donors (Lipinski definition) is 0. The van der Waals surface area contributed by atoms with Gasteiger partial charge in [0.2, 0.25) is 0 Å². The molecule has 0 atom stereocenters. The minimum absolute atomic E-state index is 0.102. The van der Waals surface area contributed by atoms with Crippen LogP contribution in [0.5, 0.6) is 0 Å². The fourth-order valence-corrected chi connectivity index (χ4v) is 1.81. The summed E-state index contributed by atoms with van der Waals surface area (Å²) in [6.45, 7) is 0. The van der Waals surface area contributed by atoms with Crippen LogP contribution in [0.25, 0.3) is 0 Å². The lowest BCUT2D eigenvalue weighted by Gasteiger charge is -2.22. The topological polar surface area (TPSA) is 23.6 Å². The van der Waals surface area contributed by atoms with Gasteiger partial charge in [-0.1, -0.05) is 17.7 Å². The summed E-state index contributed by atoms with van der Waals surface area (Å²) in [7, 11) is 5.11. The van der Waals surface area contributed by atoms with Crippen molar-refractivity contribution in [1.82, 2.24) is 4.90 Å². The van der Waals surface area contributed by atoms with Gasteiger partial charge < -0.3 is 4.90 Å². The summed E-state index contributed by atoms with van der Waals surface area (Å²) >= 11 is 11.7. The normalized spacial score (nSPS) is 10.1. The molecular formula is C11H14Cl2N2O. The molecule has 3 nitrogen and oxygen atoms in total. The number of benzene rings is 1. The maximum atomic E-state index is 11.7. The van der Waals surface area contributed by atoms with Gasteiger partial charge in [-0.15, -0.1) is 11.6 Å². The second-order valence-corrected chi connectivity index (χ2v) is 4.32. The fraction of sp³-hybridized carbons (Fsp3) is 0.364. The number of amides is 2. The van der Waals surface area contributed by atoms with Gasteiger partial charge in [-0.3, -0.25) is 4.90 Å². The number of rotatable bonds is 2. The molecule has 0 unspecified atom stereocenters. The molecule has 0 saturated carbocycles. The van der Waals surface area contributed by atoms with Crippen LogP contribution < -0.4 is 4.90 Å². The van der Waals surface area contributed by atoms with Gasteiger partial charge in [-0.05, 0) is 17.7 Å². The molecular weight excluding hydrogens is 247 g/mol. The third-order valence-electron chi connectivity index (χ3n) is 2.24. The summed E-state index contributed by atoms with van der Waals surface area (Å²) in [5.74, 6) is 0.366. The zero-order chi connectivity index (χ0) is 12.3. The number of carbonyl (C=O) groups excluding carboxylic acids is 1. The molecule has 0 N–H and O–H groups in total. The van der Waals surface area contributed by atoms with E-state index in [9.17, 15) is 4.79 Å². The molecule has 0 aliphatic heterocycles. The molecule has 0 saturated heterocycles. The lowest BCUT2D eigenvalue weighted by Crippen LogP contribution is -2.36. The molecule has 1 aromatic carbocycles. The smallest absolute Gasteiger partial charge is 0.323 e. The third-order valence-corrected chi connectivity index (χ3v) is 2.88. The highest BCUT2D eigenvalue weighted by Crippen LogP contribution is 2.24. The molecule has 5 heteroatoms. The van der Waals surface area contributed by atoms with E-state index in [1.54, 1.807) is 27.2 Å². The molecule has 0 aliphatic rings. The van der Waals surface area contributed by atoms with Gasteiger partial charge in [0.15, 0.2) is 0 Å². The Labute approximate surface area is 106 Å². The fourth-order valence-electron chi connectivity index (χ4n) is 1.26. The maximum Gasteiger partial charge on any atom is 0.323 e. The van der Waals surface area contributed by atoms with Crippen LogP contribution in [0.2, 0.25) is 5.02 Å². The van der Waals surface area contributed by atoms with Crippen LogP contribution in [-0.2, 0) is 5.88 Å². The Balaban J connectivity index is 2.97. The Morgan fingerprint density at radius 1 is 1.31 bits per heavy atom. The molecule has 1 aromatic rings. The predicted octanol–water partition coefficient (Wildman–Crippen LogP) is 3.20. The Morgan fingerprint density at radius 3 is 2.38 bits per heavy atom. The second kappa shape index (κ2) is 5.41. The molecule has 1 rings (SSSR count). The second-order valence-electron chi connectivity index (χ2n) is 3.65. The van der Waals surface area contributed by atoms with Gasteiger partial charge in [0.05, 0.1) is 0 Å². The summed E-state index contributed by atoms with van der Waals surface area (Å²) in [5.41, 5.74) is 1.61. The Bertz CT molecular complexity index is 394. The van der Waals surface area contributed by atoms with Crippen molar-refractivity contribution in [3.8, 4) is 0 Å². The Hall–Kier alpha value is -0.930. The van der Waals surface area contributed by atoms with Crippen LogP contribution in [0.15, 0.2) is 18.2 Å².